The lowest BCUT2D eigenvalue weighted by atomic mass is 10.1. The molecule has 162 valence electrons. The molecule has 0 radical (unpaired) electrons. The van der Waals surface area contributed by atoms with Crippen LogP contribution in [0, 0.1) is 5.82 Å². The van der Waals surface area contributed by atoms with Crippen LogP contribution in [0.1, 0.15) is 57.5 Å². The largest absolute Gasteiger partial charge is 0.591 e. The predicted octanol–water partition coefficient (Wildman–Crippen LogP) is 6.47. The molecule has 0 saturated heterocycles. The number of carbonyl (C=O) groups excluding carboxylic acids is 1. The summed E-state index contributed by atoms with van der Waals surface area (Å²) in [6.07, 6.45) is 1.51. The zero-order chi connectivity index (χ0) is 22.7. The molecule has 0 amide bonds. The molecule has 0 aliphatic rings. The zero-order valence-corrected chi connectivity index (χ0v) is 20.2. The van der Waals surface area contributed by atoms with Crippen LogP contribution in [0.3, 0.4) is 0 Å². The number of hydrogen-bond acceptors (Lipinski definition) is 5. The molecule has 1 atom stereocenters. The molecule has 0 aliphatic heterocycles. The summed E-state index contributed by atoms with van der Waals surface area (Å²) in [6, 6.07) is 9.18. The average Bonchev–Trinajstić information content (AvgIpc) is 2.60. The van der Waals surface area contributed by atoms with Gasteiger partial charge in [0.1, 0.15) is 27.5 Å². The first-order valence-electron chi connectivity index (χ1n) is 9.23. The van der Waals surface area contributed by atoms with E-state index < -0.39 is 33.5 Å². The van der Waals surface area contributed by atoms with Gasteiger partial charge in [-0.1, -0.05) is 39.9 Å². The normalized spacial score (nSPS) is 13.5. The van der Waals surface area contributed by atoms with Gasteiger partial charge in [-0.3, -0.25) is 0 Å². The number of hydrogen-bond donors (Lipinski definition) is 0. The summed E-state index contributed by atoms with van der Waals surface area (Å²) < 4.78 is 35.2. The molecule has 4 nitrogen and oxygen atoms in total. The highest BCUT2D eigenvalue weighted by molar-refractivity contribution is 7.99. The van der Waals surface area contributed by atoms with Crippen molar-refractivity contribution in [2.45, 2.75) is 61.7 Å². The number of carbonyl (C=O) groups is 1. The van der Waals surface area contributed by atoms with Crippen LogP contribution in [0.4, 0.5) is 4.39 Å². The molecule has 2 aromatic carbocycles. The standard InChI is InChI=1S/C22H25ClFNO3S2/c1-21(2,3)28-20(26)16-12-15(24)10-11-18(16)29-19-14(8-7-9-17(19)23)13-25-30(27)22(4,5)6/h7-13H,1-6H3/b25-13-. The zero-order valence-electron chi connectivity index (χ0n) is 17.8. The molecule has 0 aromatic heterocycles. The molecule has 2 aromatic rings. The third-order valence-electron chi connectivity index (χ3n) is 3.58. The van der Waals surface area contributed by atoms with Crippen molar-refractivity contribution < 1.29 is 18.5 Å². The highest BCUT2D eigenvalue weighted by Crippen LogP contribution is 2.38. The number of ether oxygens (including phenoxy) is 1. The molecule has 0 saturated carbocycles. The van der Waals surface area contributed by atoms with Gasteiger partial charge in [-0.2, -0.15) is 0 Å². The molecule has 30 heavy (non-hydrogen) atoms. The molecular formula is C22H25ClFNO3S2. The Kier molecular flexibility index (Phi) is 8.02. The van der Waals surface area contributed by atoms with E-state index in [-0.39, 0.29) is 5.56 Å². The molecule has 0 bridgehead atoms. The van der Waals surface area contributed by atoms with E-state index in [0.29, 0.717) is 20.4 Å². The van der Waals surface area contributed by atoms with Gasteiger partial charge in [-0.15, -0.1) is 0 Å². The molecular weight excluding hydrogens is 445 g/mol. The van der Waals surface area contributed by atoms with Gasteiger partial charge in [-0.25, -0.2) is 9.18 Å². The van der Waals surface area contributed by atoms with E-state index in [1.807, 2.05) is 20.8 Å². The van der Waals surface area contributed by atoms with Gasteiger partial charge in [0.05, 0.1) is 16.8 Å². The second-order valence-corrected chi connectivity index (χ2v) is 11.9. The van der Waals surface area contributed by atoms with E-state index in [0.717, 1.165) is 6.07 Å². The highest BCUT2D eigenvalue weighted by atomic mass is 35.5. The maximum Gasteiger partial charge on any atom is 0.339 e. The summed E-state index contributed by atoms with van der Waals surface area (Å²) in [5, 5.41) is 0.435. The topological polar surface area (TPSA) is 61.7 Å². The lowest BCUT2D eigenvalue weighted by Crippen LogP contribution is -2.25. The minimum Gasteiger partial charge on any atom is -0.591 e. The van der Waals surface area contributed by atoms with Crippen molar-refractivity contribution in [1.29, 1.82) is 0 Å². The highest BCUT2D eigenvalue weighted by Gasteiger charge is 2.26. The molecule has 0 fully saturated rings. The quantitative estimate of drug-likeness (QED) is 0.286. The Hall–Kier alpha value is -1.54. The Labute approximate surface area is 189 Å². The average molecular weight is 470 g/mol. The Bertz CT molecular complexity index is 952. The van der Waals surface area contributed by atoms with Crippen molar-refractivity contribution in [1.82, 2.24) is 0 Å². The fraction of sp³-hybridized carbons (Fsp3) is 0.364. The first-order chi connectivity index (χ1) is 13.8. The van der Waals surface area contributed by atoms with E-state index >= 15 is 0 Å². The number of benzene rings is 2. The van der Waals surface area contributed by atoms with Crippen LogP contribution in [-0.4, -0.2) is 27.1 Å². The van der Waals surface area contributed by atoms with Gasteiger partial charge in [0.2, 0.25) is 0 Å². The van der Waals surface area contributed by atoms with E-state index in [2.05, 4.69) is 4.40 Å². The lowest BCUT2D eigenvalue weighted by Gasteiger charge is -2.20. The van der Waals surface area contributed by atoms with E-state index in [4.69, 9.17) is 16.3 Å². The van der Waals surface area contributed by atoms with Crippen LogP contribution in [0.15, 0.2) is 50.6 Å². The van der Waals surface area contributed by atoms with Crippen molar-refractivity contribution >= 4 is 46.9 Å². The first kappa shape index (κ1) is 24.7. The second kappa shape index (κ2) is 9.73. The second-order valence-electron chi connectivity index (χ2n) is 8.50. The fourth-order valence-corrected chi connectivity index (χ4v) is 4.03. The van der Waals surface area contributed by atoms with Gasteiger partial charge < -0.3 is 9.29 Å². The lowest BCUT2D eigenvalue weighted by molar-refractivity contribution is 0.00650. The smallest absolute Gasteiger partial charge is 0.339 e. The monoisotopic (exact) mass is 469 g/mol. The third-order valence-corrected chi connectivity index (χ3v) is 6.59. The molecule has 1 unspecified atom stereocenters. The Morgan fingerprint density at radius 1 is 1.20 bits per heavy atom. The third kappa shape index (κ3) is 7.01. The van der Waals surface area contributed by atoms with Gasteiger partial charge in [0.25, 0.3) is 0 Å². The van der Waals surface area contributed by atoms with Crippen LogP contribution >= 0.6 is 23.4 Å². The Morgan fingerprint density at radius 3 is 2.47 bits per heavy atom. The number of esters is 1. The van der Waals surface area contributed by atoms with E-state index in [1.165, 1.54) is 30.1 Å². The maximum absolute atomic E-state index is 13.9. The van der Waals surface area contributed by atoms with Crippen molar-refractivity contribution in [2.24, 2.45) is 4.40 Å². The molecule has 8 heteroatoms. The summed E-state index contributed by atoms with van der Waals surface area (Å²) in [4.78, 5) is 13.7. The van der Waals surface area contributed by atoms with Gasteiger partial charge in [0.15, 0.2) is 0 Å². The Balaban J connectivity index is 2.44. The maximum atomic E-state index is 13.9. The molecule has 0 spiro atoms. The van der Waals surface area contributed by atoms with E-state index in [1.54, 1.807) is 39.0 Å². The minimum absolute atomic E-state index is 0.107. The van der Waals surface area contributed by atoms with Crippen molar-refractivity contribution in [2.75, 3.05) is 0 Å². The molecule has 0 aliphatic carbocycles. The molecule has 0 N–H and O–H groups in total. The summed E-state index contributed by atoms with van der Waals surface area (Å²) in [5.74, 6) is -1.16. The Morgan fingerprint density at radius 2 is 1.87 bits per heavy atom. The summed E-state index contributed by atoms with van der Waals surface area (Å²) >= 11 is 6.17. The van der Waals surface area contributed by atoms with Crippen LogP contribution in [0.25, 0.3) is 0 Å². The fourth-order valence-electron chi connectivity index (χ4n) is 2.19. The van der Waals surface area contributed by atoms with Crippen molar-refractivity contribution in [3.63, 3.8) is 0 Å². The molecule has 2 rings (SSSR count). The minimum atomic E-state index is -1.43. The van der Waals surface area contributed by atoms with E-state index in [9.17, 15) is 13.7 Å². The first-order valence-corrected chi connectivity index (χ1v) is 11.5. The van der Waals surface area contributed by atoms with Crippen LogP contribution in [-0.2, 0) is 16.1 Å². The summed E-state index contributed by atoms with van der Waals surface area (Å²) in [5.41, 5.74) is 0.0328. The van der Waals surface area contributed by atoms with Gasteiger partial charge in [0, 0.05) is 15.4 Å². The van der Waals surface area contributed by atoms with Crippen LogP contribution in [0.5, 0.6) is 0 Å². The van der Waals surface area contributed by atoms with Crippen LogP contribution in [0.2, 0.25) is 5.02 Å². The number of nitrogens with zero attached hydrogens (tertiary/aromatic N) is 1. The van der Waals surface area contributed by atoms with Gasteiger partial charge >= 0.3 is 5.97 Å². The summed E-state index contributed by atoms with van der Waals surface area (Å²) in [7, 11) is 0. The number of halogens is 2. The molecule has 0 heterocycles. The van der Waals surface area contributed by atoms with Crippen molar-refractivity contribution in [3.8, 4) is 0 Å². The SMILES string of the molecule is CC(C)(C)OC(=O)c1cc(F)ccc1Sc1c(Cl)cccc1/C=N\[S+]([O-])C(C)(C)C. The van der Waals surface area contributed by atoms with Gasteiger partial charge in [-0.05, 0) is 65.8 Å². The van der Waals surface area contributed by atoms with Crippen molar-refractivity contribution in [3.05, 3.63) is 58.4 Å². The summed E-state index contributed by atoms with van der Waals surface area (Å²) in [6.45, 7) is 10.7. The van der Waals surface area contributed by atoms with Crippen LogP contribution < -0.4 is 0 Å². The number of rotatable bonds is 5. The predicted molar refractivity (Wildman–Crippen MR) is 123 cm³/mol.